The first kappa shape index (κ1) is 13.6. The Kier molecular flexibility index (Phi) is 4.72. The first-order chi connectivity index (χ1) is 8.06. The van der Waals surface area contributed by atoms with Crippen molar-refractivity contribution >= 4 is 72.1 Å². The molecule has 0 saturated carbocycles. The van der Waals surface area contributed by atoms with Gasteiger partial charge in [0.1, 0.15) is 0 Å². The van der Waals surface area contributed by atoms with E-state index in [1.165, 1.54) is 11.3 Å². The van der Waals surface area contributed by atoms with Crippen LogP contribution in [0.1, 0.15) is 4.88 Å². The quantitative estimate of drug-likeness (QED) is 0.660. The normalized spacial score (nSPS) is 10.6. The summed E-state index contributed by atoms with van der Waals surface area (Å²) >= 11 is 20.0. The lowest BCUT2D eigenvalue weighted by atomic mass is 10.3. The van der Waals surface area contributed by atoms with Crippen LogP contribution >= 0.6 is 66.4 Å². The summed E-state index contributed by atoms with van der Waals surface area (Å²) in [7, 11) is 0. The van der Waals surface area contributed by atoms with Gasteiger partial charge in [0.15, 0.2) is 4.47 Å². The zero-order chi connectivity index (χ0) is 12.4. The molecule has 0 aliphatic carbocycles. The van der Waals surface area contributed by atoms with E-state index in [1.807, 2.05) is 12.1 Å². The van der Waals surface area contributed by atoms with E-state index >= 15 is 0 Å². The summed E-state index contributed by atoms with van der Waals surface area (Å²) in [6, 6.07) is 3.85. The summed E-state index contributed by atoms with van der Waals surface area (Å²) < 4.78 is 2.25. The van der Waals surface area contributed by atoms with E-state index in [0.717, 1.165) is 19.5 Å². The predicted octanol–water partition coefficient (Wildman–Crippen LogP) is 5.59. The second-order valence-electron chi connectivity index (χ2n) is 3.19. The Hall–Kier alpha value is 0.190. The third-order valence-corrected chi connectivity index (χ3v) is 5.21. The van der Waals surface area contributed by atoms with Crippen molar-refractivity contribution in [3.8, 4) is 0 Å². The number of rotatable bonds is 3. The number of benzene rings is 1. The molecule has 0 amide bonds. The highest BCUT2D eigenvalue weighted by Crippen LogP contribution is 2.34. The number of halogens is 4. The lowest BCUT2D eigenvalue weighted by molar-refractivity contribution is 1.17. The van der Waals surface area contributed by atoms with E-state index in [0.29, 0.717) is 16.0 Å². The standard InChI is InChI=1S/C10H6Br2Cl2N2S/c11-7-1-5(2-8(12)9(7)13)15-3-6-4-16-10(14)17-6/h1-2,4,15H,3H2. The molecule has 1 aromatic heterocycles. The number of nitrogens with zero attached hydrogens (tertiary/aromatic N) is 1. The summed E-state index contributed by atoms with van der Waals surface area (Å²) in [5, 5.41) is 3.94. The van der Waals surface area contributed by atoms with Crippen LogP contribution in [-0.2, 0) is 6.54 Å². The van der Waals surface area contributed by atoms with Crippen LogP contribution in [0.3, 0.4) is 0 Å². The van der Waals surface area contributed by atoms with E-state index < -0.39 is 0 Å². The Morgan fingerprint density at radius 1 is 1.24 bits per heavy atom. The molecule has 1 heterocycles. The first-order valence-electron chi connectivity index (χ1n) is 4.55. The van der Waals surface area contributed by atoms with Crippen molar-refractivity contribution in [1.29, 1.82) is 0 Å². The Morgan fingerprint density at radius 2 is 1.88 bits per heavy atom. The maximum atomic E-state index is 6.02. The highest BCUT2D eigenvalue weighted by molar-refractivity contribution is 9.11. The highest BCUT2D eigenvalue weighted by atomic mass is 79.9. The molecule has 17 heavy (non-hydrogen) atoms. The Bertz CT molecular complexity index is 522. The third kappa shape index (κ3) is 3.58. The van der Waals surface area contributed by atoms with Gasteiger partial charge in [-0.15, -0.1) is 11.3 Å². The predicted molar refractivity (Wildman–Crippen MR) is 81.3 cm³/mol. The van der Waals surface area contributed by atoms with Crippen molar-refractivity contribution in [3.63, 3.8) is 0 Å². The van der Waals surface area contributed by atoms with Crippen LogP contribution in [-0.4, -0.2) is 4.98 Å². The molecular formula is C10H6Br2Cl2N2S. The number of thiazole rings is 1. The summed E-state index contributed by atoms with van der Waals surface area (Å²) in [6.45, 7) is 0.685. The van der Waals surface area contributed by atoms with Crippen LogP contribution in [0.2, 0.25) is 9.49 Å². The van der Waals surface area contributed by atoms with Gasteiger partial charge in [-0.1, -0.05) is 23.2 Å². The van der Waals surface area contributed by atoms with Gasteiger partial charge in [0.25, 0.3) is 0 Å². The molecule has 0 bridgehead atoms. The minimum atomic E-state index is 0.556. The topological polar surface area (TPSA) is 24.9 Å². The van der Waals surface area contributed by atoms with Crippen LogP contribution < -0.4 is 5.32 Å². The maximum absolute atomic E-state index is 6.02. The van der Waals surface area contributed by atoms with E-state index in [9.17, 15) is 0 Å². The fraction of sp³-hybridized carbons (Fsp3) is 0.100. The molecule has 0 radical (unpaired) electrons. The number of nitrogens with one attached hydrogen (secondary N) is 1. The molecule has 90 valence electrons. The second-order valence-corrected chi connectivity index (χ2v) is 6.97. The molecule has 7 heteroatoms. The molecular weight excluding hydrogens is 411 g/mol. The van der Waals surface area contributed by atoms with Crippen molar-refractivity contribution in [2.45, 2.75) is 6.54 Å². The second kappa shape index (κ2) is 5.89. The van der Waals surface area contributed by atoms with Gasteiger partial charge in [-0.3, -0.25) is 0 Å². The molecule has 0 aliphatic heterocycles. The minimum Gasteiger partial charge on any atom is -0.380 e. The van der Waals surface area contributed by atoms with Crippen molar-refractivity contribution in [3.05, 3.63) is 41.6 Å². The van der Waals surface area contributed by atoms with Gasteiger partial charge in [-0.2, -0.15) is 0 Å². The van der Waals surface area contributed by atoms with Crippen LogP contribution in [0.5, 0.6) is 0 Å². The van der Waals surface area contributed by atoms with Gasteiger partial charge in [-0.25, -0.2) is 4.98 Å². The van der Waals surface area contributed by atoms with Crippen LogP contribution in [0.4, 0.5) is 5.69 Å². The number of anilines is 1. The van der Waals surface area contributed by atoms with E-state index in [-0.39, 0.29) is 0 Å². The smallest absolute Gasteiger partial charge is 0.183 e. The van der Waals surface area contributed by atoms with Gasteiger partial charge in [0.05, 0.1) is 11.6 Å². The fourth-order valence-electron chi connectivity index (χ4n) is 1.21. The zero-order valence-corrected chi connectivity index (χ0v) is 13.8. The molecule has 0 aliphatic rings. The molecule has 0 saturated heterocycles. The summed E-state index contributed by atoms with van der Waals surface area (Å²) in [5.74, 6) is 0. The number of hydrogen-bond donors (Lipinski definition) is 1. The molecule has 0 unspecified atom stereocenters. The lowest BCUT2D eigenvalue weighted by Gasteiger charge is -2.07. The average molecular weight is 417 g/mol. The molecule has 0 fully saturated rings. The van der Waals surface area contributed by atoms with E-state index in [1.54, 1.807) is 6.20 Å². The lowest BCUT2D eigenvalue weighted by Crippen LogP contribution is -1.97. The van der Waals surface area contributed by atoms with Gasteiger partial charge < -0.3 is 5.32 Å². The first-order valence-corrected chi connectivity index (χ1v) is 7.70. The molecule has 2 rings (SSSR count). The minimum absolute atomic E-state index is 0.556. The van der Waals surface area contributed by atoms with Gasteiger partial charge in [-0.05, 0) is 44.0 Å². The van der Waals surface area contributed by atoms with Gasteiger partial charge in [0.2, 0.25) is 0 Å². The SMILES string of the molecule is Clc1ncc(CNc2cc(Br)c(Cl)c(Br)c2)s1. The highest BCUT2D eigenvalue weighted by Gasteiger charge is 2.05. The van der Waals surface area contributed by atoms with Crippen molar-refractivity contribution in [1.82, 2.24) is 4.98 Å². The van der Waals surface area contributed by atoms with Gasteiger partial charge in [0, 0.05) is 25.7 Å². The Balaban J connectivity index is 2.09. The molecule has 1 aromatic carbocycles. The van der Waals surface area contributed by atoms with E-state index in [4.69, 9.17) is 23.2 Å². The number of aromatic nitrogens is 1. The Labute approximate surface area is 130 Å². The zero-order valence-electron chi connectivity index (χ0n) is 8.31. The fourth-order valence-corrected chi connectivity index (χ4v) is 3.43. The van der Waals surface area contributed by atoms with Crippen molar-refractivity contribution in [2.75, 3.05) is 5.32 Å². The number of hydrogen-bond acceptors (Lipinski definition) is 3. The third-order valence-electron chi connectivity index (χ3n) is 1.98. The summed E-state index contributed by atoms with van der Waals surface area (Å²) in [5.41, 5.74) is 0.970. The largest absolute Gasteiger partial charge is 0.380 e. The van der Waals surface area contributed by atoms with Crippen LogP contribution in [0.25, 0.3) is 0 Å². The van der Waals surface area contributed by atoms with Crippen LogP contribution in [0, 0.1) is 0 Å². The molecule has 2 nitrogen and oxygen atoms in total. The molecule has 2 aromatic rings. The Morgan fingerprint density at radius 3 is 2.41 bits per heavy atom. The summed E-state index contributed by atoms with van der Waals surface area (Å²) in [6.07, 6.45) is 1.76. The van der Waals surface area contributed by atoms with Gasteiger partial charge >= 0.3 is 0 Å². The van der Waals surface area contributed by atoms with Crippen molar-refractivity contribution < 1.29 is 0 Å². The maximum Gasteiger partial charge on any atom is 0.183 e. The summed E-state index contributed by atoms with van der Waals surface area (Å²) in [4.78, 5) is 5.06. The molecule has 0 atom stereocenters. The molecule has 0 spiro atoms. The monoisotopic (exact) mass is 414 g/mol. The average Bonchev–Trinajstić information content (AvgIpc) is 2.69. The van der Waals surface area contributed by atoms with Crippen LogP contribution in [0.15, 0.2) is 27.3 Å². The van der Waals surface area contributed by atoms with Crippen molar-refractivity contribution in [2.24, 2.45) is 0 Å². The van der Waals surface area contributed by atoms with E-state index in [2.05, 4.69) is 42.2 Å². The molecule has 1 N–H and O–H groups in total.